The minimum atomic E-state index is -3.54. The molecular weight excluding hydrogens is 274 g/mol. The predicted molar refractivity (Wildman–Crippen MR) is 77.6 cm³/mol. The molecule has 1 aliphatic rings. The van der Waals surface area contributed by atoms with Crippen molar-refractivity contribution in [3.63, 3.8) is 0 Å². The lowest BCUT2D eigenvalue weighted by molar-refractivity contribution is 0.350. The first-order valence-electron chi connectivity index (χ1n) is 6.82. The van der Waals surface area contributed by atoms with Crippen LogP contribution >= 0.6 is 0 Å². The van der Waals surface area contributed by atoms with E-state index >= 15 is 0 Å². The lowest BCUT2D eigenvalue weighted by Crippen LogP contribution is -2.29. The van der Waals surface area contributed by atoms with Gasteiger partial charge in [0.2, 0.25) is 10.0 Å². The van der Waals surface area contributed by atoms with Crippen LogP contribution in [0, 0.1) is 17.8 Å². The van der Waals surface area contributed by atoms with E-state index in [9.17, 15) is 8.42 Å². The lowest BCUT2D eigenvalue weighted by atomic mass is 10.1. The number of aliphatic hydroxyl groups excluding tert-OH is 1. The molecule has 5 heteroatoms. The van der Waals surface area contributed by atoms with Gasteiger partial charge in [-0.05, 0) is 30.9 Å². The fourth-order valence-electron chi connectivity index (χ4n) is 2.46. The van der Waals surface area contributed by atoms with Gasteiger partial charge in [-0.25, -0.2) is 13.1 Å². The summed E-state index contributed by atoms with van der Waals surface area (Å²) in [5, 5.41) is 8.73. The van der Waals surface area contributed by atoms with Crippen molar-refractivity contribution in [2.45, 2.75) is 30.6 Å². The van der Waals surface area contributed by atoms with Crippen molar-refractivity contribution in [1.82, 2.24) is 4.72 Å². The van der Waals surface area contributed by atoms with Crippen molar-refractivity contribution in [3.05, 3.63) is 29.8 Å². The second kappa shape index (κ2) is 6.89. The number of hydrogen-bond donors (Lipinski definition) is 2. The summed E-state index contributed by atoms with van der Waals surface area (Å²) >= 11 is 0. The molecule has 0 unspecified atom stereocenters. The minimum absolute atomic E-state index is 0.180. The Hall–Kier alpha value is -1.35. The van der Waals surface area contributed by atoms with Crippen molar-refractivity contribution in [2.75, 3.05) is 13.2 Å². The summed E-state index contributed by atoms with van der Waals surface area (Å²) in [5.41, 5.74) is 0.417. The molecule has 1 aliphatic carbocycles. The van der Waals surface area contributed by atoms with Crippen LogP contribution < -0.4 is 4.72 Å². The van der Waals surface area contributed by atoms with Gasteiger partial charge in [0.15, 0.2) is 0 Å². The summed E-state index contributed by atoms with van der Waals surface area (Å²) in [6.07, 6.45) is 4.55. The summed E-state index contributed by atoms with van der Waals surface area (Å²) in [6, 6.07) is 6.59. The van der Waals surface area contributed by atoms with Crippen LogP contribution in [0.15, 0.2) is 29.2 Å². The Morgan fingerprint density at radius 2 is 1.95 bits per heavy atom. The van der Waals surface area contributed by atoms with Gasteiger partial charge in [0, 0.05) is 12.1 Å². The summed E-state index contributed by atoms with van der Waals surface area (Å²) in [6.45, 7) is 0.202. The van der Waals surface area contributed by atoms with Crippen molar-refractivity contribution >= 4 is 10.0 Å². The van der Waals surface area contributed by atoms with Crippen LogP contribution in [0.2, 0.25) is 0 Å². The maximum atomic E-state index is 12.3. The topological polar surface area (TPSA) is 66.4 Å². The van der Waals surface area contributed by atoms with Crippen molar-refractivity contribution < 1.29 is 13.5 Å². The Labute approximate surface area is 120 Å². The molecule has 1 fully saturated rings. The fraction of sp³-hybridized carbons (Fsp3) is 0.467. The Kier molecular flexibility index (Phi) is 5.18. The smallest absolute Gasteiger partial charge is 0.241 e. The summed E-state index contributed by atoms with van der Waals surface area (Å²) in [4.78, 5) is 0.180. The highest BCUT2D eigenvalue weighted by Crippen LogP contribution is 2.24. The Morgan fingerprint density at radius 1 is 1.25 bits per heavy atom. The molecule has 0 atom stereocenters. The van der Waals surface area contributed by atoms with Crippen LogP contribution in [0.25, 0.3) is 0 Å². The quantitative estimate of drug-likeness (QED) is 0.827. The molecule has 0 spiro atoms. The highest BCUT2D eigenvalue weighted by molar-refractivity contribution is 7.89. The van der Waals surface area contributed by atoms with Crippen LogP contribution in [0.4, 0.5) is 0 Å². The molecular formula is C15H19NO3S. The van der Waals surface area contributed by atoms with Gasteiger partial charge in [0.05, 0.1) is 4.90 Å². The molecule has 0 bridgehead atoms. The van der Waals surface area contributed by atoms with E-state index in [0.29, 0.717) is 18.0 Å². The average molecular weight is 293 g/mol. The maximum Gasteiger partial charge on any atom is 0.241 e. The van der Waals surface area contributed by atoms with Gasteiger partial charge < -0.3 is 5.11 Å². The minimum Gasteiger partial charge on any atom is -0.384 e. The molecule has 0 aromatic heterocycles. The van der Waals surface area contributed by atoms with Crippen LogP contribution in [-0.4, -0.2) is 26.7 Å². The van der Waals surface area contributed by atoms with Crippen molar-refractivity contribution in [1.29, 1.82) is 0 Å². The largest absolute Gasteiger partial charge is 0.384 e. The Balaban J connectivity index is 2.16. The van der Waals surface area contributed by atoms with E-state index in [1.54, 1.807) is 24.3 Å². The SMILES string of the molecule is O=S(=O)(NCC1CCCC1)c1ccccc1C#CCO. The standard InChI is InChI=1S/C15H19NO3S/c17-11-5-9-14-8-3-4-10-15(14)20(18,19)16-12-13-6-1-2-7-13/h3-4,8,10,13,16-17H,1-2,6-7,11-12H2. The van der Waals surface area contributed by atoms with Gasteiger partial charge in [-0.3, -0.25) is 0 Å². The van der Waals surface area contributed by atoms with E-state index in [0.717, 1.165) is 12.8 Å². The van der Waals surface area contributed by atoms with E-state index in [4.69, 9.17) is 5.11 Å². The summed E-state index contributed by atoms with van der Waals surface area (Å²) in [5.74, 6) is 5.61. The van der Waals surface area contributed by atoms with Crippen LogP contribution in [-0.2, 0) is 10.0 Å². The first-order chi connectivity index (χ1) is 9.63. The van der Waals surface area contributed by atoms with E-state index in [2.05, 4.69) is 16.6 Å². The lowest BCUT2D eigenvalue weighted by Gasteiger charge is -2.12. The molecule has 1 saturated carbocycles. The number of benzene rings is 1. The van der Waals surface area contributed by atoms with Gasteiger partial charge >= 0.3 is 0 Å². The zero-order valence-electron chi connectivity index (χ0n) is 11.3. The van der Waals surface area contributed by atoms with Crippen molar-refractivity contribution in [2.24, 2.45) is 5.92 Å². The van der Waals surface area contributed by atoms with Gasteiger partial charge in [0.1, 0.15) is 6.61 Å². The van der Waals surface area contributed by atoms with Gasteiger partial charge in [-0.1, -0.05) is 36.8 Å². The molecule has 0 aliphatic heterocycles. The van der Waals surface area contributed by atoms with Crippen LogP contribution in [0.5, 0.6) is 0 Å². The third-order valence-electron chi connectivity index (χ3n) is 3.52. The first-order valence-corrected chi connectivity index (χ1v) is 8.30. The van der Waals surface area contributed by atoms with Crippen LogP contribution in [0.1, 0.15) is 31.2 Å². The molecule has 108 valence electrons. The maximum absolute atomic E-state index is 12.3. The molecule has 20 heavy (non-hydrogen) atoms. The average Bonchev–Trinajstić information content (AvgIpc) is 2.97. The van der Waals surface area contributed by atoms with E-state index < -0.39 is 10.0 Å². The summed E-state index contributed by atoms with van der Waals surface area (Å²) < 4.78 is 27.3. The number of hydrogen-bond acceptors (Lipinski definition) is 3. The zero-order chi connectivity index (χ0) is 14.4. The molecule has 0 radical (unpaired) electrons. The van der Waals surface area contributed by atoms with E-state index in [1.807, 2.05) is 0 Å². The van der Waals surface area contributed by atoms with Gasteiger partial charge in [0.25, 0.3) is 0 Å². The second-order valence-corrected chi connectivity index (χ2v) is 6.69. The molecule has 2 rings (SSSR count). The molecule has 0 saturated heterocycles. The highest BCUT2D eigenvalue weighted by Gasteiger charge is 2.21. The zero-order valence-corrected chi connectivity index (χ0v) is 12.1. The molecule has 0 heterocycles. The highest BCUT2D eigenvalue weighted by atomic mass is 32.2. The number of sulfonamides is 1. The normalized spacial score (nSPS) is 15.8. The number of aliphatic hydroxyl groups is 1. The summed E-state index contributed by atoms with van der Waals surface area (Å²) in [7, 11) is -3.54. The van der Waals surface area contributed by atoms with Crippen molar-refractivity contribution in [3.8, 4) is 11.8 Å². The Bertz CT molecular complexity index is 607. The van der Waals surface area contributed by atoms with Gasteiger partial charge in [-0.2, -0.15) is 0 Å². The first kappa shape index (κ1) is 15.0. The molecule has 1 aromatic carbocycles. The van der Waals surface area contributed by atoms with Gasteiger partial charge in [-0.15, -0.1) is 0 Å². The number of rotatable bonds is 4. The molecule has 4 nitrogen and oxygen atoms in total. The van der Waals surface area contributed by atoms with Crippen LogP contribution in [0.3, 0.4) is 0 Å². The molecule has 1 aromatic rings. The number of nitrogens with one attached hydrogen (secondary N) is 1. The van der Waals surface area contributed by atoms with E-state index in [-0.39, 0.29) is 11.5 Å². The monoisotopic (exact) mass is 293 g/mol. The fourth-order valence-corrected chi connectivity index (χ4v) is 3.74. The second-order valence-electron chi connectivity index (χ2n) is 4.96. The third kappa shape index (κ3) is 3.83. The molecule has 0 amide bonds. The Morgan fingerprint density at radius 3 is 2.65 bits per heavy atom. The van der Waals surface area contributed by atoms with E-state index in [1.165, 1.54) is 12.8 Å². The molecule has 2 N–H and O–H groups in total. The third-order valence-corrected chi connectivity index (χ3v) is 5.00. The predicted octanol–water partition coefficient (Wildman–Crippen LogP) is 1.50.